The first-order valence-corrected chi connectivity index (χ1v) is 12.7. The van der Waals surface area contributed by atoms with E-state index in [-0.39, 0.29) is 39.9 Å². The molecule has 0 bridgehead atoms. The maximum absolute atomic E-state index is 14.7. The number of aromatic nitrogens is 2. The molecule has 5 aromatic rings. The Labute approximate surface area is 230 Å². The number of halogens is 1. The van der Waals surface area contributed by atoms with Crippen LogP contribution in [0.2, 0.25) is 0 Å². The molecule has 3 N–H and O–H groups in total. The Morgan fingerprint density at radius 3 is 2.58 bits per heavy atom. The first-order chi connectivity index (χ1) is 19.3. The molecule has 0 amide bonds. The average molecular weight is 535 g/mol. The molecule has 200 valence electrons. The minimum absolute atomic E-state index is 0.0635. The van der Waals surface area contributed by atoms with Crippen molar-refractivity contribution in [2.45, 2.75) is 26.8 Å². The lowest BCUT2D eigenvalue weighted by Gasteiger charge is -2.21. The number of benzene rings is 2. The number of pyridine rings is 2. The number of nitrogens with one attached hydrogen (secondary N) is 1. The highest BCUT2D eigenvalue weighted by Gasteiger charge is 2.24. The monoisotopic (exact) mass is 534 g/mol. The van der Waals surface area contributed by atoms with E-state index in [1.807, 2.05) is 26.0 Å². The van der Waals surface area contributed by atoms with Crippen molar-refractivity contribution in [1.82, 2.24) is 9.97 Å². The molecule has 0 saturated heterocycles. The zero-order chi connectivity index (χ0) is 28.4. The van der Waals surface area contributed by atoms with Crippen LogP contribution in [0, 0.1) is 12.7 Å². The second-order valence-electron chi connectivity index (χ2n) is 9.57. The van der Waals surface area contributed by atoms with Crippen molar-refractivity contribution in [3.05, 3.63) is 118 Å². The molecular weight excluding hydrogens is 507 g/mol. The Bertz CT molecular complexity index is 1830. The van der Waals surface area contributed by atoms with Gasteiger partial charge in [0.1, 0.15) is 17.2 Å². The van der Waals surface area contributed by atoms with Gasteiger partial charge >= 0.3 is 0 Å². The standard InChI is InChI=1S/C32H27FN4O3/c1-18-14-23(20(3)37-27-11-7-13-36-29(27)22-9-4-5-10-26(22)33)32-24(15-18)30(39)28(25(17-38)19(2)34)31(40-32)21-8-6-12-35-16-21/h4-17,20,37H,34H2,1-3H3/b25-19+. The van der Waals surface area contributed by atoms with E-state index in [4.69, 9.17) is 10.2 Å². The molecule has 0 spiro atoms. The number of aryl methyl sites for hydroxylation is 1. The number of hydrogen-bond acceptors (Lipinski definition) is 7. The molecule has 1 atom stereocenters. The molecular formula is C32H27FN4O3. The molecule has 0 aliphatic rings. The Morgan fingerprint density at radius 1 is 1.10 bits per heavy atom. The smallest absolute Gasteiger partial charge is 0.201 e. The van der Waals surface area contributed by atoms with Gasteiger partial charge in [-0.1, -0.05) is 18.2 Å². The summed E-state index contributed by atoms with van der Waals surface area (Å²) in [5, 5.41) is 3.74. The van der Waals surface area contributed by atoms with Gasteiger partial charge in [0.15, 0.2) is 6.29 Å². The van der Waals surface area contributed by atoms with E-state index >= 15 is 0 Å². The van der Waals surface area contributed by atoms with Crippen molar-refractivity contribution in [2.75, 3.05) is 5.32 Å². The predicted molar refractivity (Wildman–Crippen MR) is 155 cm³/mol. The predicted octanol–water partition coefficient (Wildman–Crippen LogP) is 6.43. The van der Waals surface area contributed by atoms with Crippen molar-refractivity contribution < 1.29 is 13.6 Å². The molecule has 3 aromatic heterocycles. The third-order valence-corrected chi connectivity index (χ3v) is 6.68. The van der Waals surface area contributed by atoms with Crippen LogP contribution in [0.1, 0.15) is 36.6 Å². The highest BCUT2D eigenvalue weighted by atomic mass is 19.1. The summed E-state index contributed by atoms with van der Waals surface area (Å²) in [5.74, 6) is -0.185. The molecule has 0 saturated carbocycles. The number of anilines is 1. The first-order valence-electron chi connectivity index (χ1n) is 12.7. The van der Waals surface area contributed by atoms with Gasteiger partial charge in [0.25, 0.3) is 0 Å². The van der Waals surface area contributed by atoms with Crippen molar-refractivity contribution >= 4 is 28.5 Å². The summed E-state index contributed by atoms with van der Waals surface area (Å²) in [5.41, 5.74) is 9.84. The van der Waals surface area contributed by atoms with E-state index in [9.17, 15) is 14.0 Å². The highest BCUT2D eigenvalue weighted by molar-refractivity contribution is 6.11. The number of carbonyl (C=O) groups excluding carboxylic acids is 1. The van der Waals surface area contributed by atoms with Crippen molar-refractivity contribution in [3.8, 4) is 22.6 Å². The second-order valence-corrected chi connectivity index (χ2v) is 9.57. The second kappa shape index (κ2) is 10.9. The maximum Gasteiger partial charge on any atom is 0.201 e. The Hall–Kier alpha value is -5.11. The number of nitrogens with zero attached hydrogens (tertiary/aromatic N) is 2. The van der Waals surface area contributed by atoms with Crippen LogP contribution in [-0.4, -0.2) is 16.3 Å². The molecule has 2 aromatic carbocycles. The Balaban J connectivity index is 1.72. The van der Waals surface area contributed by atoms with Gasteiger partial charge < -0.3 is 15.5 Å². The number of allylic oxidation sites excluding steroid dienone is 2. The zero-order valence-electron chi connectivity index (χ0n) is 22.2. The van der Waals surface area contributed by atoms with E-state index in [2.05, 4.69) is 15.3 Å². The molecule has 0 fully saturated rings. The molecule has 8 heteroatoms. The summed E-state index contributed by atoms with van der Waals surface area (Å²) in [7, 11) is 0. The van der Waals surface area contributed by atoms with Crippen molar-refractivity contribution in [3.63, 3.8) is 0 Å². The highest BCUT2D eigenvalue weighted by Crippen LogP contribution is 2.36. The summed E-state index contributed by atoms with van der Waals surface area (Å²) >= 11 is 0. The lowest BCUT2D eigenvalue weighted by Crippen LogP contribution is -2.16. The van der Waals surface area contributed by atoms with Crippen LogP contribution >= 0.6 is 0 Å². The van der Waals surface area contributed by atoms with Crippen LogP contribution < -0.4 is 16.5 Å². The summed E-state index contributed by atoms with van der Waals surface area (Å²) in [6, 6.07) is 16.8. The van der Waals surface area contributed by atoms with Crippen LogP contribution in [0.5, 0.6) is 0 Å². The van der Waals surface area contributed by atoms with Gasteiger partial charge in [-0.3, -0.25) is 19.6 Å². The fourth-order valence-corrected chi connectivity index (χ4v) is 4.79. The third kappa shape index (κ3) is 4.87. The van der Waals surface area contributed by atoms with Gasteiger partial charge in [-0.05, 0) is 68.8 Å². The molecule has 0 aliphatic carbocycles. The van der Waals surface area contributed by atoms with Gasteiger partial charge in [-0.2, -0.15) is 0 Å². The van der Waals surface area contributed by atoms with Crippen LogP contribution in [0.4, 0.5) is 10.1 Å². The number of nitrogens with two attached hydrogens (primary N) is 1. The summed E-state index contributed by atoms with van der Waals surface area (Å²) in [6.45, 7) is 5.36. The number of fused-ring (bicyclic) bond motifs is 1. The fraction of sp³-hybridized carbons (Fsp3) is 0.125. The summed E-state index contributed by atoms with van der Waals surface area (Å²) < 4.78 is 21.1. The van der Waals surface area contributed by atoms with E-state index < -0.39 is 0 Å². The third-order valence-electron chi connectivity index (χ3n) is 6.68. The van der Waals surface area contributed by atoms with Gasteiger partial charge in [0, 0.05) is 46.6 Å². The lowest BCUT2D eigenvalue weighted by molar-refractivity contribution is -0.103. The molecule has 0 aliphatic heterocycles. The fourth-order valence-electron chi connectivity index (χ4n) is 4.79. The average Bonchev–Trinajstić information content (AvgIpc) is 2.95. The molecule has 0 radical (unpaired) electrons. The molecule has 7 nitrogen and oxygen atoms in total. The van der Waals surface area contributed by atoms with E-state index in [0.29, 0.717) is 45.3 Å². The quantitative estimate of drug-likeness (QED) is 0.183. The number of aldehydes is 1. The largest absolute Gasteiger partial charge is 0.455 e. The van der Waals surface area contributed by atoms with E-state index in [1.54, 1.807) is 68.0 Å². The first kappa shape index (κ1) is 26.5. The Morgan fingerprint density at radius 2 is 1.88 bits per heavy atom. The van der Waals surface area contributed by atoms with Crippen LogP contribution in [-0.2, 0) is 4.79 Å². The van der Waals surface area contributed by atoms with Gasteiger partial charge in [-0.15, -0.1) is 0 Å². The topological polar surface area (TPSA) is 111 Å². The summed E-state index contributed by atoms with van der Waals surface area (Å²) in [4.78, 5) is 34.6. The van der Waals surface area contributed by atoms with Gasteiger partial charge in [0.2, 0.25) is 5.43 Å². The number of carbonyl (C=O) groups is 1. The lowest BCUT2D eigenvalue weighted by atomic mass is 9.95. The van der Waals surface area contributed by atoms with Crippen LogP contribution in [0.25, 0.3) is 39.1 Å². The van der Waals surface area contributed by atoms with Crippen molar-refractivity contribution in [2.24, 2.45) is 5.73 Å². The molecule has 5 rings (SSSR count). The minimum atomic E-state index is -0.384. The molecule has 3 heterocycles. The minimum Gasteiger partial charge on any atom is -0.455 e. The van der Waals surface area contributed by atoms with Gasteiger partial charge in [-0.25, -0.2) is 4.39 Å². The molecule has 1 unspecified atom stereocenters. The van der Waals surface area contributed by atoms with E-state index in [1.165, 1.54) is 6.07 Å². The maximum atomic E-state index is 14.7. The SMILES string of the molecule is C/C(N)=C(/C=O)c1c(-c2cccnc2)oc2c(C(C)Nc3cccnc3-c3ccccc3F)cc(C)cc2c1=O. The number of hydrogen-bond donors (Lipinski definition) is 2. The number of rotatable bonds is 7. The normalized spacial score (nSPS) is 12.6. The molecule has 40 heavy (non-hydrogen) atoms. The van der Waals surface area contributed by atoms with Gasteiger partial charge in [0.05, 0.1) is 28.4 Å². The van der Waals surface area contributed by atoms with E-state index in [0.717, 1.165) is 5.56 Å². The zero-order valence-corrected chi connectivity index (χ0v) is 22.2. The van der Waals surface area contributed by atoms with Crippen molar-refractivity contribution in [1.29, 1.82) is 0 Å². The van der Waals surface area contributed by atoms with Crippen LogP contribution in [0.3, 0.4) is 0 Å². The summed E-state index contributed by atoms with van der Waals surface area (Å²) in [6.07, 6.45) is 5.35. The van der Waals surface area contributed by atoms with Crippen LogP contribution in [0.15, 0.2) is 94.2 Å². The Kier molecular flexibility index (Phi) is 7.25.